The number of alkyl halides is 6. The molecule has 0 bridgehead atoms. The minimum absolute atomic E-state index is 0.0492. The van der Waals surface area contributed by atoms with Crippen LogP contribution in [0.5, 0.6) is 5.75 Å². The molecule has 0 aliphatic carbocycles. The predicted octanol–water partition coefficient (Wildman–Crippen LogP) is 4.64. The van der Waals surface area contributed by atoms with Gasteiger partial charge in [-0.25, -0.2) is 9.59 Å². The first-order valence-electron chi connectivity index (χ1n) is 10.3. The number of esters is 2. The van der Waals surface area contributed by atoms with Gasteiger partial charge in [-0.3, -0.25) is 4.55 Å². The molecule has 38 heavy (non-hydrogen) atoms. The van der Waals surface area contributed by atoms with E-state index in [1.54, 1.807) is 30.3 Å². The predicted molar refractivity (Wildman–Crippen MR) is 121 cm³/mol. The Balaban J connectivity index is 2.09. The van der Waals surface area contributed by atoms with Crippen molar-refractivity contribution in [1.82, 2.24) is 0 Å². The van der Waals surface area contributed by atoms with Gasteiger partial charge in [-0.2, -0.15) is 34.8 Å². The summed E-state index contributed by atoms with van der Waals surface area (Å²) in [6.45, 7) is 0. The fraction of sp³-hybridized carbons (Fsp3) is 0.217. The highest BCUT2D eigenvalue weighted by molar-refractivity contribution is 7.85. The molecular weight excluding hydrogens is 545 g/mol. The smallest absolute Gasteiger partial charge is 0.434 e. The topological polar surface area (TPSA) is 107 Å². The molecule has 0 heterocycles. The molecule has 0 fully saturated rings. The Morgan fingerprint density at radius 2 is 1.45 bits per heavy atom. The van der Waals surface area contributed by atoms with Gasteiger partial charge in [0.15, 0.2) is 0 Å². The number of carbonyl (C=O) groups is 2. The first kappa shape index (κ1) is 29.0. The fourth-order valence-corrected chi connectivity index (χ4v) is 4.34. The number of rotatable bonds is 7. The Morgan fingerprint density at radius 3 is 2.03 bits per heavy atom. The van der Waals surface area contributed by atoms with E-state index in [9.17, 15) is 44.3 Å². The number of fused-ring (bicyclic) bond motifs is 1. The van der Waals surface area contributed by atoms with Crippen molar-refractivity contribution >= 4 is 40.7 Å². The lowest BCUT2D eigenvalue weighted by Crippen LogP contribution is -2.63. The van der Waals surface area contributed by atoms with E-state index < -0.39 is 57.1 Å². The quantitative estimate of drug-likeness (QED) is 0.148. The third kappa shape index (κ3) is 5.94. The first-order valence-corrected chi connectivity index (χ1v) is 11.9. The Morgan fingerprint density at radius 1 is 0.842 bits per heavy atom. The Labute approximate surface area is 212 Å². The summed E-state index contributed by atoms with van der Waals surface area (Å²) < 4.78 is 122. The molecule has 3 aromatic carbocycles. The molecule has 200 valence electrons. The molecule has 2 radical (unpaired) electrons. The highest BCUT2D eigenvalue weighted by atomic mass is 32.2. The fourth-order valence-electron chi connectivity index (χ4n) is 3.44. The minimum Gasteiger partial charge on any atom is -0.434 e. The van der Waals surface area contributed by atoms with E-state index in [2.05, 4.69) is 4.74 Å². The molecule has 15 heteroatoms. The SMILES string of the molecule is [B]Cc1ccc(C(=O)OC(CS(=O)(=O)O)(C(F)(F)F)C(F)(F)F)c(OC(=O)c2cccc3ccccc23)c1. The van der Waals surface area contributed by atoms with Crippen LogP contribution in [0.15, 0.2) is 60.7 Å². The Bertz CT molecular complexity index is 1470. The maximum atomic E-state index is 13.6. The lowest BCUT2D eigenvalue weighted by atomic mass is 9.95. The standard InChI is InChI=1S/C23H15BF6O7S/c24-11-13-8-9-17(20(32)37-21(22(25,26)27,23(28,29)30)12-38(33,34)35)18(10-13)36-19(31)16-7-3-5-14-4-1-2-6-15(14)16/h1-10H,11-12H2,(H,33,34,35). The summed E-state index contributed by atoms with van der Waals surface area (Å²) >= 11 is 0. The molecule has 0 saturated heterocycles. The number of hydrogen-bond acceptors (Lipinski definition) is 6. The van der Waals surface area contributed by atoms with E-state index in [0.29, 0.717) is 16.8 Å². The number of ether oxygens (including phenoxy) is 2. The van der Waals surface area contributed by atoms with Gasteiger partial charge in [0.2, 0.25) is 0 Å². The molecule has 0 unspecified atom stereocenters. The van der Waals surface area contributed by atoms with Gasteiger partial charge in [0, 0.05) is 0 Å². The third-order valence-electron chi connectivity index (χ3n) is 5.28. The van der Waals surface area contributed by atoms with Crippen LogP contribution in [0.4, 0.5) is 26.3 Å². The molecule has 0 saturated carbocycles. The van der Waals surface area contributed by atoms with E-state index in [1.165, 1.54) is 12.1 Å². The van der Waals surface area contributed by atoms with Gasteiger partial charge in [-0.1, -0.05) is 54.3 Å². The van der Waals surface area contributed by atoms with Crippen LogP contribution in [0.1, 0.15) is 26.3 Å². The maximum absolute atomic E-state index is 13.6. The van der Waals surface area contributed by atoms with Gasteiger partial charge in [-0.05, 0) is 29.0 Å². The monoisotopic (exact) mass is 560 g/mol. The van der Waals surface area contributed by atoms with Crippen molar-refractivity contribution in [2.24, 2.45) is 0 Å². The second-order valence-electron chi connectivity index (χ2n) is 7.89. The zero-order valence-electron chi connectivity index (χ0n) is 18.8. The minimum atomic E-state index is -6.53. The van der Waals surface area contributed by atoms with E-state index in [1.807, 2.05) is 0 Å². The molecule has 0 aromatic heterocycles. The van der Waals surface area contributed by atoms with Crippen molar-refractivity contribution in [1.29, 1.82) is 0 Å². The molecule has 1 N–H and O–H groups in total. The van der Waals surface area contributed by atoms with Gasteiger partial charge in [0.25, 0.3) is 10.1 Å². The molecule has 0 aliphatic heterocycles. The summed E-state index contributed by atoms with van der Waals surface area (Å²) in [6, 6.07) is 13.6. The van der Waals surface area contributed by atoms with Crippen LogP contribution in [-0.2, 0) is 21.2 Å². The number of carbonyl (C=O) groups excluding carboxylic acids is 2. The van der Waals surface area contributed by atoms with Gasteiger partial charge in [0.05, 0.1) is 13.4 Å². The second kappa shape index (κ2) is 10.3. The maximum Gasteiger partial charge on any atom is 0.438 e. The van der Waals surface area contributed by atoms with Crippen molar-refractivity contribution in [2.45, 2.75) is 24.3 Å². The number of halogens is 6. The Hall–Kier alpha value is -3.59. The van der Waals surface area contributed by atoms with Crippen molar-refractivity contribution < 1.29 is 58.4 Å². The molecule has 0 atom stereocenters. The summed E-state index contributed by atoms with van der Waals surface area (Å²) in [5.74, 6) is -7.33. The lowest BCUT2D eigenvalue weighted by molar-refractivity contribution is -0.356. The number of hydrogen-bond donors (Lipinski definition) is 1. The van der Waals surface area contributed by atoms with Crippen LogP contribution in [0.25, 0.3) is 10.8 Å². The molecule has 0 spiro atoms. The third-order valence-corrected chi connectivity index (χ3v) is 6.05. The molecule has 0 aliphatic rings. The zero-order valence-corrected chi connectivity index (χ0v) is 19.7. The van der Waals surface area contributed by atoms with Crippen LogP contribution < -0.4 is 4.74 Å². The summed E-state index contributed by atoms with van der Waals surface area (Å²) in [4.78, 5) is 25.6. The van der Waals surface area contributed by atoms with Crippen molar-refractivity contribution in [3.05, 3.63) is 77.4 Å². The lowest BCUT2D eigenvalue weighted by Gasteiger charge is -2.35. The van der Waals surface area contributed by atoms with Crippen LogP contribution >= 0.6 is 0 Å². The molecule has 3 rings (SSSR count). The average molecular weight is 560 g/mol. The summed E-state index contributed by atoms with van der Waals surface area (Å²) in [7, 11) is -0.494. The van der Waals surface area contributed by atoms with Gasteiger partial charge >= 0.3 is 29.9 Å². The normalized spacial score (nSPS) is 12.8. The molecule has 3 aromatic rings. The van der Waals surface area contributed by atoms with Gasteiger partial charge in [-0.15, -0.1) is 0 Å². The van der Waals surface area contributed by atoms with Crippen LogP contribution in [-0.4, -0.2) is 56.5 Å². The Kier molecular flexibility index (Phi) is 7.85. The number of benzene rings is 3. The molecular formula is C23H15BF6O7S. The van der Waals surface area contributed by atoms with E-state index in [-0.39, 0.29) is 17.4 Å². The highest BCUT2D eigenvalue weighted by Crippen LogP contribution is 2.47. The second-order valence-corrected chi connectivity index (χ2v) is 9.34. The van der Waals surface area contributed by atoms with Crippen molar-refractivity contribution in [3.8, 4) is 5.75 Å². The highest BCUT2D eigenvalue weighted by Gasteiger charge is 2.76. The van der Waals surface area contributed by atoms with E-state index >= 15 is 0 Å². The summed E-state index contributed by atoms with van der Waals surface area (Å²) in [5, 5.41) is 0.989. The molecule has 7 nitrogen and oxygen atoms in total. The zero-order chi connectivity index (χ0) is 28.5. The average Bonchev–Trinajstić information content (AvgIpc) is 2.80. The summed E-state index contributed by atoms with van der Waals surface area (Å²) in [6.07, 6.45) is -13.3. The van der Waals surface area contributed by atoms with Gasteiger partial charge < -0.3 is 9.47 Å². The van der Waals surface area contributed by atoms with Crippen LogP contribution in [0, 0.1) is 0 Å². The summed E-state index contributed by atoms with van der Waals surface area (Å²) in [5.41, 5.74) is -6.61. The van der Waals surface area contributed by atoms with Gasteiger partial charge in [0.1, 0.15) is 17.1 Å². The largest absolute Gasteiger partial charge is 0.438 e. The van der Waals surface area contributed by atoms with Crippen molar-refractivity contribution in [2.75, 3.05) is 5.75 Å². The molecule has 0 amide bonds. The van der Waals surface area contributed by atoms with Crippen molar-refractivity contribution in [3.63, 3.8) is 0 Å². The van der Waals surface area contributed by atoms with Crippen LogP contribution in [0.2, 0.25) is 0 Å². The van der Waals surface area contributed by atoms with E-state index in [0.717, 1.165) is 12.1 Å². The van der Waals surface area contributed by atoms with E-state index in [4.69, 9.17) is 17.1 Å². The van der Waals surface area contributed by atoms with Crippen LogP contribution in [0.3, 0.4) is 0 Å². The first-order chi connectivity index (χ1) is 17.5.